The zero-order chi connectivity index (χ0) is 31.2. The number of carbonyl (C=O) groups excluding carboxylic acids is 2. The Morgan fingerprint density at radius 2 is 2.00 bits per heavy atom. The quantitative estimate of drug-likeness (QED) is 0.320. The van der Waals surface area contributed by atoms with Crippen LogP contribution in [-0.4, -0.2) is 67.0 Å². The van der Waals surface area contributed by atoms with Crippen LogP contribution in [0, 0.1) is 29.1 Å². The monoisotopic (exact) mass is 656 g/mol. The number of amides is 2. The molecule has 234 valence electrons. The Bertz CT molecular complexity index is 1370. The molecule has 10 heteroatoms. The van der Waals surface area contributed by atoms with Gasteiger partial charge < -0.3 is 26.2 Å². The molecule has 0 radical (unpaired) electrons. The van der Waals surface area contributed by atoms with Gasteiger partial charge >= 0.3 is 0 Å². The molecule has 2 aromatic carbocycles. The molecule has 6 rings (SSSR count). The van der Waals surface area contributed by atoms with Gasteiger partial charge in [-0.25, -0.2) is 0 Å². The molecule has 5 N–H and O–H groups in total. The second-order valence-corrected chi connectivity index (χ2v) is 14.0. The fraction of sp³-hybridized carbons (Fsp3) is 0.576. The van der Waals surface area contributed by atoms with Crippen LogP contribution in [0.1, 0.15) is 56.5 Å². The summed E-state index contributed by atoms with van der Waals surface area (Å²) < 4.78 is 6.69. The van der Waals surface area contributed by atoms with Crippen LogP contribution < -0.4 is 21.1 Å². The molecule has 9 nitrogen and oxygen atoms in total. The predicted molar refractivity (Wildman–Crippen MR) is 169 cm³/mol. The Morgan fingerprint density at radius 1 is 1.26 bits per heavy atom. The van der Waals surface area contributed by atoms with Crippen molar-refractivity contribution in [1.29, 1.82) is 0 Å². The summed E-state index contributed by atoms with van der Waals surface area (Å²) in [7, 11) is 3.20. The molecule has 2 aromatic rings. The standard InChI is InChI=1S/C33H45BrN4O5/c1-17-25-13-22(33(25,3)4)14-26(17)37-32(41)29-28(18(2)39)27(15-35)43-38(29)16-19-8-7-9-24(30(19)42-6)20-10-21(31(40)36-5)12-23(34)11-20/h7-12,17-18,22,25-29,39H,13-16,35H2,1-6H3,(H,36,40)(H,37,41)/t17-,18-,22+,25-,26-,27-,28-,29-/m0/s1. The van der Waals surface area contributed by atoms with Crippen molar-refractivity contribution < 1.29 is 24.3 Å². The fourth-order valence-electron chi connectivity index (χ4n) is 7.90. The summed E-state index contributed by atoms with van der Waals surface area (Å²) in [5, 5.41) is 18.5. The molecule has 1 saturated heterocycles. The summed E-state index contributed by atoms with van der Waals surface area (Å²) in [4.78, 5) is 32.8. The van der Waals surface area contributed by atoms with Crippen molar-refractivity contribution in [2.24, 2.45) is 34.8 Å². The van der Waals surface area contributed by atoms with E-state index >= 15 is 0 Å². The largest absolute Gasteiger partial charge is 0.496 e. The van der Waals surface area contributed by atoms with Crippen LogP contribution in [0.15, 0.2) is 40.9 Å². The lowest BCUT2D eigenvalue weighted by Gasteiger charge is -2.62. The molecular formula is C33H45BrN4O5. The lowest BCUT2D eigenvalue weighted by molar-refractivity contribution is -0.175. The van der Waals surface area contributed by atoms with Gasteiger partial charge in [-0.3, -0.25) is 14.4 Å². The van der Waals surface area contributed by atoms with E-state index in [-0.39, 0.29) is 30.9 Å². The van der Waals surface area contributed by atoms with E-state index in [1.54, 1.807) is 32.2 Å². The highest BCUT2D eigenvalue weighted by Crippen LogP contribution is 2.61. The molecule has 2 amide bonds. The Kier molecular flexibility index (Phi) is 9.26. The Hall–Kier alpha value is -2.50. The van der Waals surface area contributed by atoms with Crippen molar-refractivity contribution in [2.75, 3.05) is 20.7 Å². The molecule has 3 saturated carbocycles. The maximum atomic E-state index is 14.1. The van der Waals surface area contributed by atoms with E-state index in [1.165, 1.54) is 6.42 Å². The first kappa shape index (κ1) is 31.9. The zero-order valence-electron chi connectivity index (χ0n) is 25.9. The van der Waals surface area contributed by atoms with E-state index in [9.17, 15) is 14.7 Å². The summed E-state index contributed by atoms with van der Waals surface area (Å²) in [5.41, 5.74) is 9.34. The molecule has 4 fully saturated rings. The van der Waals surface area contributed by atoms with Crippen molar-refractivity contribution >= 4 is 27.7 Å². The average molecular weight is 658 g/mol. The number of methoxy groups -OCH3 is 1. The Labute approximate surface area is 263 Å². The normalized spacial score (nSPS) is 30.3. The lowest BCUT2D eigenvalue weighted by atomic mass is 9.45. The highest BCUT2D eigenvalue weighted by molar-refractivity contribution is 9.10. The summed E-state index contributed by atoms with van der Waals surface area (Å²) in [5.74, 6) is 1.34. The van der Waals surface area contributed by atoms with Gasteiger partial charge in [-0.1, -0.05) is 54.9 Å². The molecule has 0 aromatic heterocycles. The molecule has 2 bridgehead atoms. The number of hydrogen-bond acceptors (Lipinski definition) is 7. The summed E-state index contributed by atoms with van der Waals surface area (Å²) in [6, 6.07) is 10.7. The predicted octanol–water partition coefficient (Wildman–Crippen LogP) is 4.11. The van der Waals surface area contributed by atoms with Crippen LogP contribution in [0.2, 0.25) is 0 Å². The third-order valence-corrected chi connectivity index (χ3v) is 10.9. The zero-order valence-corrected chi connectivity index (χ0v) is 27.5. The minimum absolute atomic E-state index is 0.0848. The van der Waals surface area contributed by atoms with Crippen LogP contribution in [-0.2, 0) is 16.2 Å². The number of nitrogens with two attached hydrogens (primary N) is 1. The third-order valence-electron chi connectivity index (χ3n) is 10.4. The molecule has 3 aliphatic carbocycles. The molecule has 0 unspecified atom stereocenters. The van der Waals surface area contributed by atoms with Gasteiger partial charge in [0.2, 0.25) is 5.91 Å². The number of nitrogens with zero attached hydrogens (tertiary/aromatic N) is 1. The van der Waals surface area contributed by atoms with Gasteiger partial charge in [0.05, 0.1) is 25.9 Å². The van der Waals surface area contributed by atoms with Gasteiger partial charge in [0.1, 0.15) is 11.8 Å². The van der Waals surface area contributed by atoms with Crippen molar-refractivity contribution in [3.05, 3.63) is 52.0 Å². The van der Waals surface area contributed by atoms with Gasteiger partial charge in [-0.05, 0) is 66.7 Å². The number of benzene rings is 2. The van der Waals surface area contributed by atoms with E-state index in [2.05, 4.69) is 47.3 Å². The smallest absolute Gasteiger partial charge is 0.251 e. The van der Waals surface area contributed by atoms with Gasteiger partial charge in [0, 0.05) is 46.7 Å². The number of hydroxylamine groups is 2. The van der Waals surface area contributed by atoms with Gasteiger partial charge in [-0.2, -0.15) is 5.06 Å². The molecular weight excluding hydrogens is 612 g/mol. The number of ether oxygens (including phenoxy) is 1. The SMILES string of the molecule is CNC(=O)c1cc(Br)cc(-c2cccc(CN3O[C@@H](CN)[C@H]([C@H](C)O)[C@H]3C(=O)N[C@H]3C[C@H]4C[C@@H]([C@@H]3C)C4(C)C)c2OC)c1. The summed E-state index contributed by atoms with van der Waals surface area (Å²) in [6.07, 6.45) is 0.873. The van der Waals surface area contributed by atoms with E-state index in [4.69, 9.17) is 15.3 Å². The summed E-state index contributed by atoms with van der Waals surface area (Å²) >= 11 is 3.53. The molecule has 1 heterocycles. The Morgan fingerprint density at radius 3 is 2.60 bits per heavy atom. The lowest BCUT2D eigenvalue weighted by Crippen LogP contribution is -2.62. The van der Waals surface area contributed by atoms with Crippen LogP contribution in [0.5, 0.6) is 5.75 Å². The first-order chi connectivity index (χ1) is 20.4. The number of aliphatic hydroxyl groups is 1. The molecule has 8 atom stereocenters. The second-order valence-electron chi connectivity index (χ2n) is 13.1. The Balaban J connectivity index is 1.44. The number of aliphatic hydroxyl groups excluding tert-OH is 1. The van der Waals surface area contributed by atoms with Gasteiger partial charge in [-0.15, -0.1) is 0 Å². The van der Waals surface area contributed by atoms with Crippen molar-refractivity contribution in [1.82, 2.24) is 15.7 Å². The van der Waals surface area contributed by atoms with Crippen LogP contribution >= 0.6 is 15.9 Å². The van der Waals surface area contributed by atoms with E-state index in [0.29, 0.717) is 34.5 Å². The number of para-hydroxylation sites is 1. The highest BCUT2D eigenvalue weighted by atomic mass is 79.9. The molecule has 4 aliphatic rings. The summed E-state index contributed by atoms with van der Waals surface area (Å²) in [6.45, 7) is 9.04. The first-order valence-corrected chi connectivity index (χ1v) is 16.0. The van der Waals surface area contributed by atoms with Crippen LogP contribution in [0.3, 0.4) is 0 Å². The van der Waals surface area contributed by atoms with Crippen LogP contribution in [0.25, 0.3) is 11.1 Å². The third kappa shape index (κ3) is 5.84. The van der Waals surface area contributed by atoms with Gasteiger partial charge in [0.25, 0.3) is 5.91 Å². The maximum absolute atomic E-state index is 14.1. The van der Waals surface area contributed by atoms with E-state index < -0.39 is 24.2 Å². The maximum Gasteiger partial charge on any atom is 0.251 e. The minimum atomic E-state index is -0.802. The van der Waals surface area contributed by atoms with Crippen molar-refractivity contribution in [3.63, 3.8) is 0 Å². The molecule has 1 aliphatic heterocycles. The van der Waals surface area contributed by atoms with E-state index in [0.717, 1.165) is 27.6 Å². The van der Waals surface area contributed by atoms with Crippen LogP contribution in [0.4, 0.5) is 0 Å². The number of nitrogens with one attached hydrogen (secondary N) is 2. The van der Waals surface area contributed by atoms with Crippen molar-refractivity contribution in [3.8, 4) is 16.9 Å². The molecule has 43 heavy (non-hydrogen) atoms. The fourth-order valence-corrected chi connectivity index (χ4v) is 8.39. The number of hydrogen-bond donors (Lipinski definition) is 4. The number of halogens is 1. The van der Waals surface area contributed by atoms with E-state index in [1.807, 2.05) is 30.3 Å². The number of fused-ring (bicyclic) bond motifs is 2. The average Bonchev–Trinajstić information content (AvgIpc) is 3.35. The minimum Gasteiger partial charge on any atom is -0.496 e. The molecule has 0 spiro atoms. The second kappa shape index (κ2) is 12.5. The van der Waals surface area contributed by atoms with Gasteiger partial charge in [0.15, 0.2) is 0 Å². The number of rotatable bonds is 9. The number of carbonyl (C=O) groups is 2. The highest BCUT2D eigenvalue weighted by Gasteiger charge is 2.57. The first-order valence-electron chi connectivity index (χ1n) is 15.2. The topological polar surface area (TPSA) is 126 Å². The van der Waals surface area contributed by atoms with Crippen molar-refractivity contribution in [2.45, 2.75) is 71.4 Å².